The van der Waals surface area contributed by atoms with Gasteiger partial charge >= 0.3 is 5.97 Å². The molecule has 0 saturated carbocycles. The number of hydrogen-bond acceptors (Lipinski definition) is 5. The third kappa shape index (κ3) is 4.96. The molecule has 23 heavy (non-hydrogen) atoms. The highest BCUT2D eigenvalue weighted by atomic mass is 35.5. The molecule has 0 bridgehead atoms. The Kier molecular flexibility index (Phi) is 5.54. The van der Waals surface area contributed by atoms with E-state index in [1.165, 1.54) is 12.1 Å². The Morgan fingerprint density at radius 3 is 2.57 bits per heavy atom. The van der Waals surface area contributed by atoms with Gasteiger partial charge in [0.15, 0.2) is 6.61 Å². The summed E-state index contributed by atoms with van der Waals surface area (Å²) in [5.41, 5.74) is 0.642. The first-order chi connectivity index (χ1) is 11.0. The van der Waals surface area contributed by atoms with Crippen LogP contribution in [0.1, 0.15) is 18.6 Å². The molecule has 0 aromatic heterocycles. The monoisotopic (exact) mass is 335 g/mol. The summed E-state index contributed by atoms with van der Waals surface area (Å²) >= 11 is 5.82. The number of hydrogen-bond donors (Lipinski definition) is 0. The van der Waals surface area contributed by atoms with E-state index in [0.29, 0.717) is 16.3 Å². The van der Waals surface area contributed by atoms with E-state index < -0.39 is 17.0 Å². The number of carbonyl (C=O) groups is 1. The molecule has 0 N–H and O–H groups in total. The lowest BCUT2D eigenvalue weighted by atomic mass is 10.1. The summed E-state index contributed by atoms with van der Waals surface area (Å²) in [6, 6.07) is 12.5. The van der Waals surface area contributed by atoms with E-state index in [-0.39, 0.29) is 12.3 Å². The molecular formula is C16H14ClNO5. The van der Waals surface area contributed by atoms with E-state index in [2.05, 4.69) is 0 Å². The second-order valence-corrected chi connectivity index (χ2v) is 5.16. The van der Waals surface area contributed by atoms with Crippen LogP contribution in [-0.2, 0) is 9.53 Å². The summed E-state index contributed by atoms with van der Waals surface area (Å²) in [6.07, 6.45) is -0.536. The van der Waals surface area contributed by atoms with E-state index >= 15 is 0 Å². The normalized spacial score (nSPS) is 11.6. The highest BCUT2D eigenvalue weighted by Gasteiger charge is 2.14. The molecule has 7 heteroatoms. The molecule has 0 aliphatic carbocycles. The topological polar surface area (TPSA) is 78.7 Å². The zero-order valence-electron chi connectivity index (χ0n) is 12.3. The number of rotatable bonds is 6. The van der Waals surface area contributed by atoms with Crippen molar-refractivity contribution < 1.29 is 19.2 Å². The lowest BCUT2D eigenvalue weighted by Crippen LogP contribution is -2.17. The highest BCUT2D eigenvalue weighted by molar-refractivity contribution is 6.30. The Morgan fingerprint density at radius 2 is 1.96 bits per heavy atom. The van der Waals surface area contributed by atoms with Gasteiger partial charge in [0.2, 0.25) is 0 Å². The Labute approximate surface area is 137 Å². The summed E-state index contributed by atoms with van der Waals surface area (Å²) in [7, 11) is 0. The van der Waals surface area contributed by atoms with E-state index in [9.17, 15) is 14.9 Å². The number of nitrogens with zero attached hydrogens (tertiary/aromatic N) is 1. The van der Waals surface area contributed by atoms with Crippen LogP contribution in [0.2, 0.25) is 5.02 Å². The van der Waals surface area contributed by atoms with Crippen LogP contribution in [0.5, 0.6) is 5.75 Å². The van der Waals surface area contributed by atoms with Crippen molar-refractivity contribution in [3.8, 4) is 5.75 Å². The van der Waals surface area contributed by atoms with Crippen LogP contribution >= 0.6 is 11.6 Å². The van der Waals surface area contributed by atoms with Crippen LogP contribution < -0.4 is 4.74 Å². The first-order valence-electron chi connectivity index (χ1n) is 6.78. The van der Waals surface area contributed by atoms with Crippen molar-refractivity contribution >= 4 is 23.3 Å². The van der Waals surface area contributed by atoms with Crippen LogP contribution in [0.4, 0.5) is 5.69 Å². The molecule has 0 aliphatic heterocycles. The smallest absolute Gasteiger partial charge is 0.344 e. The molecular weight excluding hydrogens is 322 g/mol. The first kappa shape index (κ1) is 16.8. The highest BCUT2D eigenvalue weighted by Crippen LogP contribution is 2.21. The minimum atomic E-state index is -0.546. The molecule has 0 aliphatic rings. The number of non-ortho nitro benzene ring substituents is 1. The average molecular weight is 336 g/mol. The number of halogens is 1. The fraction of sp³-hybridized carbons (Fsp3) is 0.188. The van der Waals surface area contributed by atoms with Crippen LogP contribution in [0.25, 0.3) is 0 Å². The maximum atomic E-state index is 11.8. The summed E-state index contributed by atoms with van der Waals surface area (Å²) in [5.74, 6) is -0.0757. The zero-order valence-corrected chi connectivity index (χ0v) is 13.0. The van der Waals surface area contributed by atoms with Gasteiger partial charge in [0.1, 0.15) is 11.9 Å². The lowest BCUT2D eigenvalue weighted by molar-refractivity contribution is -0.384. The van der Waals surface area contributed by atoms with Gasteiger partial charge in [0.25, 0.3) is 5.69 Å². The molecule has 1 atom stereocenters. The molecule has 2 aromatic carbocycles. The number of nitro groups is 1. The molecule has 0 unspecified atom stereocenters. The van der Waals surface area contributed by atoms with Crippen LogP contribution in [0.15, 0.2) is 48.5 Å². The van der Waals surface area contributed by atoms with Crippen molar-refractivity contribution in [2.45, 2.75) is 13.0 Å². The Hall–Kier alpha value is -2.60. The van der Waals surface area contributed by atoms with E-state index in [4.69, 9.17) is 21.1 Å². The Balaban J connectivity index is 1.88. The fourth-order valence-corrected chi connectivity index (χ4v) is 2.05. The van der Waals surface area contributed by atoms with Crippen LogP contribution in [0, 0.1) is 10.1 Å². The number of nitro benzene ring substituents is 1. The molecule has 2 rings (SSSR count). The van der Waals surface area contributed by atoms with Crippen molar-refractivity contribution in [2.24, 2.45) is 0 Å². The Bertz CT molecular complexity index is 702. The molecule has 0 amide bonds. The summed E-state index contributed by atoms with van der Waals surface area (Å²) in [4.78, 5) is 21.9. The zero-order chi connectivity index (χ0) is 16.8. The molecule has 0 spiro atoms. The van der Waals surface area contributed by atoms with Crippen molar-refractivity contribution in [1.29, 1.82) is 0 Å². The predicted molar refractivity (Wildman–Crippen MR) is 84.6 cm³/mol. The van der Waals surface area contributed by atoms with Gasteiger partial charge in [0.05, 0.1) is 4.92 Å². The van der Waals surface area contributed by atoms with Gasteiger partial charge in [-0.2, -0.15) is 0 Å². The minimum Gasteiger partial charge on any atom is -0.482 e. The van der Waals surface area contributed by atoms with E-state index in [1.807, 2.05) is 0 Å². The second kappa shape index (κ2) is 7.60. The third-order valence-corrected chi connectivity index (χ3v) is 3.27. The largest absolute Gasteiger partial charge is 0.482 e. The quantitative estimate of drug-likeness (QED) is 0.454. The van der Waals surface area contributed by atoms with Crippen molar-refractivity contribution in [3.63, 3.8) is 0 Å². The lowest BCUT2D eigenvalue weighted by Gasteiger charge is -2.14. The van der Waals surface area contributed by atoms with Crippen molar-refractivity contribution in [1.82, 2.24) is 0 Å². The maximum Gasteiger partial charge on any atom is 0.344 e. The van der Waals surface area contributed by atoms with Crippen LogP contribution in [0.3, 0.4) is 0 Å². The molecule has 0 heterocycles. The van der Waals surface area contributed by atoms with Crippen molar-refractivity contribution in [2.75, 3.05) is 6.61 Å². The standard InChI is InChI=1S/C16H14ClNO5/c1-11(12-5-7-14(8-6-12)18(20)21)23-16(19)10-22-15-4-2-3-13(17)9-15/h2-9,11H,10H2,1H3/t11-/m1/s1. The van der Waals surface area contributed by atoms with Gasteiger partial charge in [0, 0.05) is 17.2 Å². The van der Waals surface area contributed by atoms with E-state index in [0.717, 1.165) is 0 Å². The molecule has 0 radical (unpaired) electrons. The summed E-state index contributed by atoms with van der Waals surface area (Å²) in [6.45, 7) is 1.43. The Morgan fingerprint density at radius 1 is 1.26 bits per heavy atom. The second-order valence-electron chi connectivity index (χ2n) is 4.73. The first-order valence-corrected chi connectivity index (χ1v) is 7.15. The molecule has 6 nitrogen and oxygen atoms in total. The molecule has 2 aromatic rings. The summed E-state index contributed by atoms with van der Waals surface area (Å²) in [5, 5.41) is 11.1. The number of ether oxygens (including phenoxy) is 2. The SMILES string of the molecule is C[C@@H](OC(=O)COc1cccc(Cl)c1)c1ccc([N+](=O)[O-])cc1. The van der Waals surface area contributed by atoms with Gasteiger partial charge in [-0.1, -0.05) is 17.7 Å². The number of benzene rings is 2. The van der Waals surface area contributed by atoms with Gasteiger partial charge in [-0.05, 0) is 42.8 Å². The molecule has 0 fully saturated rings. The third-order valence-electron chi connectivity index (χ3n) is 3.03. The van der Waals surface area contributed by atoms with Gasteiger partial charge in [-0.3, -0.25) is 10.1 Å². The number of esters is 1. The molecule has 120 valence electrons. The van der Waals surface area contributed by atoms with Gasteiger partial charge in [-0.25, -0.2) is 4.79 Å². The average Bonchev–Trinajstić information content (AvgIpc) is 2.53. The van der Waals surface area contributed by atoms with Crippen molar-refractivity contribution in [3.05, 3.63) is 69.2 Å². The minimum absolute atomic E-state index is 0.0171. The summed E-state index contributed by atoms with van der Waals surface area (Å²) < 4.78 is 10.5. The van der Waals surface area contributed by atoms with Gasteiger partial charge < -0.3 is 9.47 Å². The fourth-order valence-electron chi connectivity index (χ4n) is 1.87. The maximum absolute atomic E-state index is 11.8. The molecule has 0 saturated heterocycles. The van der Waals surface area contributed by atoms with E-state index in [1.54, 1.807) is 43.3 Å². The van der Waals surface area contributed by atoms with Gasteiger partial charge in [-0.15, -0.1) is 0 Å². The van der Waals surface area contributed by atoms with Crippen LogP contribution in [-0.4, -0.2) is 17.5 Å². The predicted octanol–water partition coefficient (Wildman–Crippen LogP) is 3.93. The number of carbonyl (C=O) groups excluding carboxylic acids is 1.